The minimum absolute atomic E-state index is 0.0516. The normalized spacial score (nSPS) is 15.4. The Kier molecular flexibility index (Phi) is 4.31. The van der Waals surface area contributed by atoms with E-state index in [9.17, 15) is 4.79 Å². The van der Waals surface area contributed by atoms with Crippen molar-refractivity contribution in [1.29, 1.82) is 0 Å². The lowest BCUT2D eigenvalue weighted by Crippen LogP contribution is -2.14. The molecule has 128 valence electrons. The standard InChI is InChI=1S/C22H22O3/c1-24-17-12-13-18-19(14-17)25-22(16-10-6-3-7-11-16)20(21(18)23)15-8-4-2-5-9-15/h2,4-5,8-9,12-14,16H,3,6-7,10-11H2,1H3. The third kappa shape index (κ3) is 2.95. The zero-order chi connectivity index (χ0) is 17.2. The summed E-state index contributed by atoms with van der Waals surface area (Å²) < 4.78 is 11.6. The van der Waals surface area contributed by atoms with Crippen LogP contribution in [0.5, 0.6) is 5.75 Å². The summed E-state index contributed by atoms with van der Waals surface area (Å²) in [6.45, 7) is 0. The van der Waals surface area contributed by atoms with E-state index in [4.69, 9.17) is 9.15 Å². The van der Waals surface area contributed by atoms with Crippen molar-refractivity contribution in [1.82, 2.24) is 0 Å². The molecule has 0 N–H and O–H groups in total. The Bertz CT molecular complexity index is 935. The average molecular weight is 334 g/mol. The Balaban J connectivity index is 1.99. The molecular weight excluding hydrogens is 312 g/mol. The Morgan fingerprint density at radius 1 is 1.00 bits per heavy atom. The van der Waals surface area contributed by atoms with Crippen molar-refractivity contribution in [3.8, 4) is 16.9 Å². The van der Waals surface area contributed by atoms with Gasteiger partial charge in [-0.2, -0.15) is 0 Å². The molecule has 1 saturated carbocycles. The predicted octanol–water partition coefficient (Wildman–Crippen LogP) is 5.52. The van der Waals surface area contributed by atoms with Crippen molar-refractivity contribution in [2.24, 2.45) is 0 Å². The Morgan fingerprint density at radius 2 is 1.76 bits per heavy atom. The molecule has 0 bridgehead atoms. The molecule has 0 amide bonds. The van der Waals surface area contributed by atoms with Gasteiger partial charge in [0.2, 0.25) is 5.43 Å². The molecule has 0 unspecified atom stereocenters. The van der Waals surface area contributed by atoms with Gasteiger partial charge in [0, 0.05) is 12.0 Å². The van der Waals surface area contributed by atoms with Gasteiger partial charge in [-0.05, 0) is 30.5 Å². The first-order valence-electron chi connectivity index (χ1n) is 8.98. The number of ether oxygens (including phenoxy) is 1. The minimum atomic E-state index is 0.0516. The Morgan fingerprint density at radius 3 is 2.48 bits per heavy atom. The Labute approximate surface area is 147 Å². The first-order chi connectivity index (χ1) is 12.3. The van der Waals surface area contributed by atoms with Crippen molar-refractivity contribution >= 4 is 11.0 Å². The van der Waals surface area contributed by atoms with Crippen LogP contribution in [-0.4, -0.2) is 7.11 Å². The van der Waals surface area contributed by atoms with Crippen LogP contribution in [0.2, 0.25) is 0 Å². The fourth-order valence-corrected chi connectivity index (χ4v) is 3.85. The van der Waals surface area contributed by atoms with Crippen molar-refractivity contribution in [3.63, 3.8) is 0 Å². The summed E-state index contributed by atoms with van der Waals surface area (Å²) in [5.74, 6) is 1.86. The highest BCUT2D eigenvalue weighted by Gasteiger charge is 2.25. The van der Waals surface area contributed by atoms with E-state index in [1.165, 1.54) is 19.3 Å². The zero-order valence-corrected chi connectivity index (χ0v) is 14.5. The first-order valence-corrected chi connectivity index (χ1v) is 8.98. The van der Waals surface area contributed by atoms with Crippen LogP contribution in [0.25, 0.3) is 22.1 Å². The maximum atomic E-state index is 13.3. The van der Waals surface area contributed by atoms with E-state index in [0.717, 1.165) is 29.7 Å². The SMILES string of the molecule is COc1ccc2c(=O)c(-c3ccccc3)c(C3CCCCC3)oc2c1. The molecule has 0 radical (unpaired) electrons. The third-order valence-electron chi connectivity index (χ3n) is 5.17. The fourth-order valence-electron chi connectivity index (χ4n) is 3.85. The molecule has 1 aliphatic rings. The summed E-state index contributed by atoms with van der Waals surface area (Å²) in [5, 5.41) is 0.610. The number of hydrogen-bond donors (Lipinski definition) is 0. The lowest BCUT2D eigenvalue weighted by Gasteiger charge is -2.23. The van der Waals surface area contributed by atoms with Crippen LogP contribution in [0, 0.1) is 0 Å². The van der Waals surface area contributed by atoms with Crippen LogP contribution in [-0.2, 0) is 0 Å². The summed E-state index contributed by atoms with van der Waals surface area (Å²) in [7, 11) is 1.62. The molecule has 0 saturated heterocycles. The van der Waals surface area contributed by atoms with Crippen molar-refractivity contribution in [2.75, 3.05) is 7.11 Å². The summed E-state index contributed by atoms with van der Waals surface area (Å²) >= 11 is 0. The number of hydrogen-bond acceptors (Lipinski definition) is 3. The van der Waals surface area contributed by atoms with Gasteiger partial charge in [0.1, 0.15) is 17.1 Å². The number of rotatable bonds is 3. The molecule has 1 heterocycles. The lowest BCUT2D eigenvalue weighted by molar-refractivity contribution is 0.380. The molecule has 2 aromatic carbocycles. The summed E-state index contributed by atoms with van der Waals surface area (Å²) in [6, 6.07) is 15.3. The van der Waals surface area contributed by atoms with E-state index in [-0.39, 0.29) is 5.43 Å². The molecule has 3 nitrogen and oxygen atoms in total. The van der Waals surface area contributed by atoms with Crippen LogP contribution < -0.4 is 10.2 Å². The second-order valence-electron chi connectivity index (χ2n) is 6.73. The molecule has 3 aromatic rings. The smallest absolute Gasteiger partial charge is 0.200 e. The van der Waals surface area contributed by atoms with Crippen LogP contribution >= 0.6 is 0 Å². The lowest BCUT2D eigenvalue weighted by atomic mass is 9.84. The van der Waals surface area contributed by atoms with E-state index in [0.29, 0.717) is 22.6 Å². The van der Waals surface area contributed by atoms with Crippen LogP contribution in [0.4, 0.5) is 0 Å². The maximum absolute atomic E-state index is 13.3. The molecule has 25 heavy (non-hydrogen) atoms. The fraction of sp³-hybridized carbons (Fsp3) is 0.318. The van der Waals surface area contributed by atoms with E-state index < -0.39 is 0 Å². The van der Waals surface area contributed by atoms with Crippen molar-refractivity contribution < 1.29 is 9.15 Å². The Hall–Kier alpha value is -2.55. The molecule has 1 aromatic heterocycles. The van der Waals surface area contributed by atoms with Gasteiger partial charge in [-0.1, -0.05) is 49.6 Å². The van der Waals surface area contributed by atoms with Gasteiger partial charge in [-0.25, -0.2) is 0 Å². The summed E-state index contributed by atoms with van der Waals surface area (Å²) in [6.07, 6.45) is 5.82. The minimum Gasteiger partial charge on any atom is -0.497 e. The van der Waals surface area contributed by atoms with Gasteiger partial charge in [-0.3, -0.25) is 4.79 Å². The highest BCUT2D eigenvalue weighted by molar-refractivity contribution is 5.84. The summed E-state index contributed by atoms with van der Waals surface area (Å²) in [4.78, 5) is 13.3. The van der Waals surface area contributed by atoms with Gasteiger partial charge in [-0.15, -0.1) is 0 Å². The highest BCUT2D eigenvalue weighted by Crippen LogP contribution is 2.38. The quantitative estimate of drug-likeness (QED) is 0.633. The summed E-state index contributed by atoms with van der Waals surface area (Å²) in [5.41, 5.74) is 2.33. The second-order valence-corrected chi connectivity index (χ2v) is 6.73. The first kappa shape index (κ1) is 15.9. The van der Waals surface area contributed by atoms with Gasteiger partial charge in [0.15, 0.2) is 0 Å². The third-order valence-corrected chi connectivity index (χ3v) is 5.17. The van der Waals surface area contributed by atoms with Gasteiger partial charge in [0.25, 0.3) is 0 Å². The molecule has 0 atom stereocenters. The van der Waals surface area contributed by atoms with E-state index in [1.54, 1.807) is 13.2 Å². The van der Waals surface area contributed by atoms with Crippen molar-refractivity contribution in [3.05, 3.63) is 64.5 Å². The van der Waals surface area contributed by atoms with Gasteiger partial charge in [0.05, 0.1) is 18.1 Å². The monoisotopic (exact) mass is 334 g/mol. The predicted molar refractivity (Wildman–Crippen MR) is 100 cm³/mol. The number of fused-ring (bicyclic) bond motifs is 1. The topological polar surface area (TPSA) is 39.4 Å². The largest absolute Gasteiger partial charge is 0.497 e. The molecule has 4 rings (SSSR count). The molecule has 0 aliphatic heterocycles. The van der Waals surface area contributed by atoms with Crippen LogP contribution in [0.15, 0.2) is 57.7 Å². The van der Waals surface area contributed by atoms with Crippen molar-refractivity contribution in [2.45, 2.75) is 38.0 Å². The van der Waals surface area contributed by atoms with Gasteiger partial charge >= 0.3 is 0 Å². The van der Waals surface area contributed by atoms with Gasteiger partial charge < -0.3 is 9.15 Å². The van der Waals surface area contributed by atoms with E-state index in [1.807, 2.05) is 42.5 Å². The zero-order valence-electron chi connectivity index (χ0n) is 14.5. The highest BCUT2D eigenvalue weighted by atomic mass is 16.5. The maximum Gasteiger partial charge on any atom is 0.200 e. The average Bonchev–Trinajstić information content (AvgIpc) is 2.68. The van der Waals surface area contributed by atoms with Crippen LogP contribution in [0.3, 0.4) is 0 Å². The molecule has 0 spiro atoms. The van der Waals surface area contributed by atoms with E-state index in [2.05, 4.69) is 0 Å². The second kappa shape index (κ2) is 6.75. The molecule has 1 fully saturated rings. The molecule has 1 aliphatic carbocycles. The molecular formula is C22H22O3. The number of benzene rings is 2. The van der Waals surface area contributed by atoms with Crippen LogP contribution in [0.1, 0.15) is 43.8 Å². The number of methoxy groups -OCH3 is 1. The van der Waals surface area contributed by atoms with E-state index >= 15 is 0 Å². The molecule has 3 heteroatoms.